The molecule has 2 aliphatic rings. The lowest BCUT2D eigenvalue weighted by Crippen LogP contribution is -2.63. The number of fused-ring (bicyclic) bond motifs is 4. The number of rotatable bonds is 0. The fraction of sp³-hybridized carbons (Fsp3) is 0.591. The second kappa shape index (κ2) is 9.04. The monoisotopic (exact) mass is 416 g/mol. The van der Waals surface area contributed by atoms with Gasteiger partial charge >= 0.3 is 6.09 Å². The van der Waals surface area contributed by atoms with Gasteiger partial charge in [0.1, 0.15) is 18.2 Å². The minimum atomic E-state index is -0.828. The number of hydrogen-bond donors (Lipinski definition) is 2. The van der Waals surface area contributed by atoms with Crippen molar-refractivity contribution in [1.29, 1.82) is 0 Å². The van der Waals surface area contributed by atoms with E-state index < -0.39 is 17.7 Å². The van der Waals surface area contributed by atoms with Gasteiger partial charge in [0, 0.05) is 18.3 Å². The number of ether oxygens (including phenoxy) is 1. The minimum Gasteiger partial charge on any atom is -0.444 e. The summed E-state index contributed by atoms with van der Waals surface area (Å²) < 4.78 is 5.42. The number of nitrogens with two attached hydrogens (primary N) is 1. The zero-order valence-electron chi connectivity index (χ0n) is 18.0. The molecule has 1 aromatic rings. The Labute approximate surface area is 177 Å². The standard InChI is InChI=1S/C22H32N4O4/c1-22(2,3)30-21(29)25-13-18-20(28)24-11-6-4-5-10-17(23)15-8-7-9-16(12-15)26(18)19(27)14-25/h7-9,12,17-18H,4-6,10-11,13-14,23H2,1-3H3,(H,24,28)/t17?,18-/m0/s1. The molecule has 0 aliphatic carbocycles. The number of nitrogens with one attached hydrogen (secondary N) is 1. The summed E-state index contributed by atoms with van der Waals surface area (Å²) in [5, 5.41) is 2.92. The molecule has 3 rings (SSSR count). The average Bonchev–Trinajstić information content (AvgIpc) is 2.68. The Kier molecular flexibility index (Phi) is 6.65. The number of anilines is 1. The van der Waals surface area contributed by atoms with E-state index in [4.69, 9.17) is 10.5 Å². The van der Waals surface area contributed by atoms with E-state index in [9.17, 15) is 14.4 Å². The van der Waals surface area contributed by atoms with E-state index in [1.54, 1.807) is 26.8 Å². The predicted molar refractivity (Wildman–Crippen MR) is 114 cm³/mol. The average molecular weight is 417 g/mol. The van der Waals surface area contributed by atoms with Crippen LogP contribution in [0.15, 0.2) is 24.3 Å². The van der Waals surface area contributed by atoms with E-state index in [0.29, 0.717) is 12.2 Å². The third-order valence-electron chi connectivity index (χ3n) is 5.32. The number of hydrogen-bond acceptors (Lipinski definition) is 5. The number of carbonyl (C=O) groups excluding carboxylic acids is 3. The summed E-state index contributed by atoms with van der Waals surface area (Å²) in [6.07, 6.45) is 3.03. The molecule has 3 N–H and O–H groups in total. The molecule has 3 amide bonds. The molecule has 2 bridgehead atoms. The normalized spacial score (nSPS) is 23.5. The van der Waals surface area contributed by atoms with Crippen molar-refractivity contribution in [1.82, 2.24) is 10.2 Å². The molecule has 2 atom stereocenters. The molecule has 2 aliphatic heterocycles. The van der Waals surface area contributed by atoms with Crippen LogP contribution in [0.3, 0.4) is 0 Å². The van der Waals surface area contributed by atoms with Crippen molar-refractivity contribution in [3.63, 3.8) is 0 Å². The quantitative estimate of drug-likeness (QED) is 0.675. The van der Waals surface area contributed by atoms with E-state index in [0.717, 1.165) is 31.2 Å². The predicted octanol–water partition coefficient (Wildman–Crippen LogP) is 2.33. The van der Waals surface area contributed by atoms with E-state index in [1.165, 1.54) is 9.80 Å². The fourth-order valence-corrected chi connectivity index (χ4v) is 3.83. The van der Waals surface area contributed by atoms with Gasteiger partial charge in [-0.05, 0) is 51.3 Å². The van der Waals surface area contributed by atoms with Gasteiger partial charge < -0.3 is 15.8 Å². The van der Waals surface area contributed by atoms with Gasteiger partial charge in [0.05, 0.1) is 6.54 Å². The fourth-order valence-electron chi connectivity index (χ4n) is 3.83. The Morgan fingerprint density at radius 3 is 2.70 bits per heavy atom. The van der Waals surface area contributed by atoms with Crippen LogP contribution in [0.1, 0.15) is 58.1 Å². The van der Waals surface area contributed by atoms with Gasteiger partial charge in [-0.15, -0.1) is 0 Å². The molecule has 0 spiro atoms. The van der Waals surface area contributed by atoms with E-state index in [2.05, 4.69) is 5.32 Å². The van der Waals surface area contributed by atoms with Crippen LogP contribution in [0.25, 0.3) is 0 Å². The molecule has 164 valence electrons. The molecule has 1 unspecified atom stereocenters. The van der Waals surface area contributed by atoms with E-state index >= 15 is 0 Å². The molecule has 8 heteroatoms. The third kappa shape index (κ3) is 5.30. The summed E-state index contributed by atoms with van der Waals surface area (Å²) in [6, 6.07) is 6.54. The highest BCUT2D eigenvalue weighted by Crippen LogP contribution is 2.27. The van der Waals surface area contributed by atoms with Crippen LogP contribution in [-0.2, 0) is 14.3 Å². The van der Waals surface area contributed by atoms with Crippen LogP contribution < -0.4 is 16.0 Å². The van der Waals surface area contributed by atoms with Gasteiger partial charge in [0.25, 0.3) is 0 Å². The lowest BCUT2D eigenvalue weighted by Gasteiger charge is -2.40. The Morgan fingerprint density at radius 1 is 1.20 bits per heavy atom. The summed E-state index contributed by atoms with van der Waals surface area (Å²) in [4.78, 5) is 41.5. The van der Waals surface area contributed by atoms with Crippen LogP contribution in [0.2, 0.25) is 0 Å². The van der Waals surface area contributed by atoms with Gasteiger partial charge in [-0.25, -0.2) is 4.79 Å². The van der Waals surface area contributed by atoms with Crippen molar-refractivity contribution in [2.75, 3.05) is 24.5 Å². The summed E-state index contributed by atoms with van der Waals surface area (Å²) in [6.45, 7) is 5.75. The lowest BCUT2D eigenvalue weighted by molar-refractivity contribution is -0.130. The Bertz CT molecular complexity index is 805. The summed E-state index contributed by atoms with van der Waals surface area (Å²) in [5.41, 5.74) is 7.23. The highest BCUT2D eigenvalue weighted by atomic mass is 16.6. The maximum Gasteiger partial charge on any atom is 0.410 e. The molecule has 0 aromatic heterocycles. The maximum absolute atomic E-state index is 13.1. The van der Waals surface area contributed by atoms with Crippen molar-refractivity contribution >= 4 is 23.6 Å². The molecular formula is C22H32N4O4. The number of nitrogens with zero attached hydrogens (tertiary/aromatic N) is 2. The third-order valence-corrected chi connectivity index (χ3v) is 5.32. The maximum atomic E-state index is 13.1. The van der Waals surface area contributed by atoms with Crippen molar-refractivity contribution in [3.8, 4) is 0 Å². The van der Waals surface area contributed by atoms with Gasteiger partial charge in [0.2, 0.25) is 11.8 Å². The van der Waals surface area contributed by atoms with Crippen molar-refractivity contribution in [2.45, 2.75) is 64.1 Å². The molecule has 2 heterocycles. The van der Waals surface area contributed by atoms with Gasteiger partial charge in [-0.1, -0.05) is 25.0 Å². The second-order valence-electron chi connectivity index (χ2n) is 8.98. The Balaban J connectivity index is 1.93. The molecule has 8 nitrogen and oxygen atoms in total. The largest absolute Gasteiger partial charge is 0.444 e. The van der Waals surface area contributed by atoms with E-state index in [1.807, 2.05) is 18.2 Å². The summed E-state index contributed by atoms with van der Waals surface area (Å²) in [7, 11) is 0. The first kappa shape index (κ1) is 22.1. The Morgan fingerprint density at radius 2 is 1.97 bits per heavy atom. The first-order chi connectivity index (χ1) is 14.2. The first-order valence-corrected chi connectivity index (χ1v) is 10.6. The minimum absolute atomic E-state index is 0.0722. The van der Waals surface area contributed by atoms with Crippen LogP contribution in [0.4, 0.5) is 10.5 Å². The molecule has 0 radical (unpaired) electrons. The summed E-state index contributed by atoms with van der Waals surface area (Å²) in [5.74, 6) is -0.599. The van der Waals surface area contributed by atoms with Crippen LogP contribution in [-0.4, -0.2) is 54.1 Å². The molecule has 0 saturated carbocycles. The molecule has 1 aromatic carbocycles. The van der Waals surface area contributed by atoms with Crippen molar-refractivity contribution in [3.05, 3.63) is 29.8 Å². The zero-order valence-corrected chi connectivity index (χ0v) is 18.0. The number of amides is 3. The van der Waals surface area contributed by atoms with E-state index in [-0.39, 0.29) is 30.9 Å². The SMILES string of the molecule is CC(C)(C)OC(=O)N1CC(=O)N2c3cccc(c3)C(N)CCCCCNC(=O)[C@@H]2C1. The molecule has 30 heavy (non-hydrogen) atoms. The lowest BCUT2D eigenvalue weighted by atomic mass is 10.00. The zero-order chi connectivity index (χ0) is 21.9. The number of piperazine rings is 1. The highest BCUT2D eigenvalue weighted by Gasteiger charge is 2.41. The van der Waals surface area contributed by atoms with Crippen molar-refractivity contribution in [2.24, 2.45) is 5.73 Å². The van der Waals surface area contributed by atoms with Crippen molar-refractivity contribution < 1.29 is 19.1 Å². The molecule has 1 fully saturated rings. The smallest absolute Gasteiger partial charge is 0.410 e. The van der Waals surface area contributed by atoms with Crippen LogP contribution >= 0.6 is 0 Å². The van der Waals surface area contributed by atoms with Gasteiger partial charge in [0.15, 0.2) is 0 Å². The molecule has 1 saturated heterocycles. The topological polar surface area (TPSA) is 105 Å². The van der Waals surface area contributed by atoms with Crippen LogP contribution in [0, 0.1) is 0 Å². The van der Waals surface area contributed by atoms with Gasteiger partial charge in [-0.2, -0.15) is 0 Å². The number of benzene rings is 1. The first-order valence-electron chi connectivity index (χ1n) is 10.6. The van der Waals surface area contributed by atoms with Gasteiger partial charge in [-0.3, -0.25) is 19.4 Å². The molecular weight excluding hydrogens is 384 g/mol. The Hall–Kier alpha value is -2.61. The highest BCUT2D eigenvalue weighted by molar-refractivity contribution is 6.04. The summed E-state index contributed by atoms with van der Waals surface area (Å²) >= 11 is 0. The van der Waals surface area contributed by atoms with Crippen LogP contribution in [0.5, 0.6) is 0 Å². The number of carbonyl (C=O) groups is 3. The second-order valence-corrected chi connectivity index (χ2v) is 8.98.